The Labute approximate surface area is 156 Å². The molecule has 0 aliphatic carbocycles. The molecule has 2 heterocycles. The second kappa shape index (κ2) is 6.58. The minimum absolute atomic E-state index is 0.210. The Kier molecular flexibility index (Phi) is 4.09. The lowest BCUT2D eigenvalue weighted by molar-refractivity contribution is 0.257. The molecule has 0 radical (unpaired) electrons. The Balaban J connectivity index is 1.82. The molecule has 4 rings (SSSR count). The summed E-state index contributed by atoms with van der Waals surface area (Å²) in [5, 5.41) is 10.2. The average Bonchev–Trinajstić information content (AvgIpc) is 2.66. The molecule has 5 heteroatoms. The van der Waals surface area contributed by atoms with Crippen LogP contribution >= 0.6 is 0 Å². The van der Waals surface area contributed by atoms with Gasteiger partial charge in [0.15, 0.2) is 5.82 Å². The monoisotopic (exact) mass is 355 g/mol. The maximum Gasteiger partial charge on any atom is 0.259 e. The highest BCUT2D eigenvalue weighted by molar-refractivity contribution is 5.83. The van der Waals surface area contributed by atoms with Gasteiger partial charge in [-0.05, 0) is 49.8 Å². The highest BCUT2D eigenvalue weighted by atomic mass is 16.5. The van der Waals surface area contributed by atoms with Gasteiger partial charge < -0.3 is 9.72 Å². The molecule has 0 saturated carbocycles. The molecule has 0 saturated heterocycles. The van der Waals surface area contributed by atoms with Gasteiger partial charge in [0.2, 0.25) is 0 Å². The number of nitrogens with one attached hydrogen (secondary N) is 1. The van der Waals surface area contributed by atoms with Crippen LogP contribution in [0.3, 0.4) is 0 Å². The van der Waals surface area contributed by atoms with E-state index in [0.29, 0.717) is 10.9 Å². The third-order valence-corrected chi connectivity index (χ3v) is 4.56. The molecule has 1 N–H and O–H groups in total. The van der Waals surface area contributed by atoms with Gasteiger partial charge in [0, 0.05) is 5.56 Å². The molecule has 0 fully saturated rings. The number of nitrogens with zero attached hydrogens (tertiary/aromatic N) is 2. The fourth-order valence-electron chi connectivity index (χ4n) is 3.12. The minimum Gasteiger partial charge on any atom is -0.485 e. The van der Waals surface area contributed by atoms with Crippen molar-refractivity contribution in [3.63, 3.8) is 0 Å². The normalized spacial score (nSPS) is 16.3. The van der Waals surface area contributed by atoms with Gasteiger partial charge in [-0.1, -0.05) is 29.8 Å². The lowest BCUT2D eigenvalue weighted by atomic mass is 10.00. The molecule has 1 aliphatic heterocycles. The molecule has 0 bridgehead atoms. The van der Waals surface area contributed by atoms with Crippen LogP contribution in [-0.4, -0.2) is 16.1 Å². The molecule has 0 spiro atoms. The number of hydrogen-bond donors (Lipinski definition) is 1. The number of fused-ring (bicyclic) bond motifs is 2. The number of ether oxygens (including phenoxy) is 1. The largest absolute Gasteiger partial charge is 0.485 e. The first-order valence-corrected chi connectivity index (χ1v) is 8.65. The van der Waals surface area contributed by atoms with E-state index < -0.39 is 0 Å². The number of rotatable bonds is 2. The number of para-hydroxylation sites is 1. The van der Waals surface area contributed by atoms with Crippen molar-refractivity contribution in [3.05, 3.63) is 81.4 Å². The van der Waals surface area contributed by atoms with Gasteiger partial charge in [0.1, 0.15) is 17.9 Å². The number of aryl methyl sites for hydroxylation is 1. The highest BCUT2D eigenvalue weighted by Gasteiger charge is 2.18. The maximum absolute atomic E-state index is 12.4. The fourth-order valence-corrected chi connectivity index (χ4v) is 3.12. The van der Waals surface area contributed by atoms with Crippen LogP contribution in [0.25, 0.3) is 22.6 Å². The summed E-state index contributed by atoms with van der Waals surface area (Å²) in [7, 11) is 0. The van der Waals surface area contributed by atoms with Crippen LogP contribution in [0.5, 0.6) is 5.75 Å². The van der Waals surface area contributed by atoms with Crippen molar-refractivity contribution in [2.75, 3.05) is 0 Å². The molecule has 132 valence electrons. The van der Waals surface area contributed by atoms with Crippen LogP contribution in [-0.2, 0) is 0 Å². The first-order chi connectivity index (χ1) is 13.0. The van der Waals surface area contributed by atoms with Crippen LogP contribution in [0.2, 0.25) is 0 Å². The predicted molar refractivity (Wildman–Crippen MR) is 105 cm³/mol. The fraction of sp³-hybridized carbons (Fsp3) is 0.136. The number of allylic oxidation sites excluding steroid dienone is 1. The number of aromatic nitrogens is 2. The summed E-state index contributed by atoms with van der Waals surface area (Å²) < 4.78 is 5.92. The summed E-state index contributed by atoms with van der Waals surface area (Å²) >= 11 is 0. The molecule has 1 aliphatic rings. The van der Waals surface area contributed by atoms with Crippen molar-refractivity contribution in [1.29, 1.82) is 5.26 Å². The molecule has 27 heavy (non-hydrogen) atoms. The van der Waals surface area contributed by atoms with Crippen LogP contribution in [0.4, 0.5) is 0 Å². The van der Waals surface area contributed by atoms with Crippen molar-refractivity contribution in [2.45, 2.75) is 20.0 Å². The smallest absolute Gasteiger partial charge is 0.259 e. The van der Waals surface area contributed by atoms with Gasteiger partial charge in [-0.15, -0.1) is 0 Å². The third-order valence-electron chi connectivity index (χ3n) is 4.56. The number of H-pyrrole nitrogens is 1. The zero-order chi connectivity index (χ0) is 19.0. The number of benzene rings is 2. The Morgan fingerprint density at radius 2 is 2.11 bits per heavy atom. The van der Waals surface area contributed by atoms with E-state index in [2.05, 4.69) is 16.0 Å². The summed E-state index contributed by atoms with van der Waals surface area (Å²) in [4.78, 5) is 19.6. The van der Waals surface area contributed by atoms with Gasteiger partial charge in [0.25, 0.3) is 5.56 Å². The van der Waals surface area contributed by atoms with Gasteiger partial charge in [0.05, 0.1) is 16.5 Å². The highest BCUT2D eigenvalue weighted by Crippen LogP contribution is 2.30. The number of hydrogen-bond acceptors (Lipinski definition) is 4. The van der Waals surface area contributed by atoms with Crippen molar-refractivity contribution in [2.24, 2.45) is 0 Å². The molecular weight excluding hydrogens is 338 g/mol. The van der Waals surface area contributed by atoms with E-state index in [1.54, 1.807) is 18.2 Å². The Hall–Kier alpha value is -3.65. The molecule has 3 aromatic rings. The van der Waals surface area contributed by atoms with E-state index in [-0.39, 0.29) is 23.1 Å². The molecule has 1 aromatic heterocycles. The lowest BCUT2D eigenvalue weighted by Crippen LogP contribution is -2.18. The van der Waals surface area contributed by atoms with Crippen LogP contribution < -0.4 is 10.3 Å². The first kappa shape index (κ1) is 16.8. The van der Waals surface area contributed by atoms with E-state index in [4.69, 9.17) is 4.74 Å². The van der Waals surface area contributed by atoms with E-state index in [9.17, 15) is 10.1 Å². The van der Waals surface area contributed by atoms with E-state index in [1.165, 1.54) is 0 Å². The van der Waals surface area contributed by atoms with Crippen molar-refractivity contribution < 1.29 is 4.74 Å². The Morgan fingerprint density at radius 1 is 1.30 bits per heavy atom. The number of nitriles is 1. The lowest BCUT2D eigenvalue weighted by Gasteiger charge is -2.23. The maximum atomic E-state index is 12.4. The summed E-state index contributed by atoms with van der Waals surface area (Å²) in [5.41, 5.74) is 3.37. The van der Waals surface area contributed by atoms with Crippen molar-refractivity contribution in [3.8, 4) is 11.8 Å². The molecular formula is C22H17N3O2. The van der Waals surface area contributed by atoms with Gasteiger partial charge in [-0.3, -0.25) is 4.79 Å². The Bertz CT molecular complexity index is 1210. The van der Waals surface area contributed by atoms with Gasteiger partial charge in [-0.25, -0.2) is 4.98 Å². The van der Waals surface area contributed by atoms with E-state index in [0.717, 1.165) is 22.4 Å². The standard InChI is InChI=1S/C22H17N3O2/c1-13-7-8-19-18(9-13)22(26)25-21(24-19)17(12-23)11-16-10-15-5-3-4-6-20(15)27-14(16)2/h3-11,14H,1-2H3,(H,24,25,26)/b17-11-. The summed E-state index contributed by atoms with van der Waals surface area (Å²) in [6, 6.07) is 15.4. The second-order valence-electron chi connectivity index (χ2n) is 6.55. The SMILES string of the molecule is Cc1ccc2nc(/C(C#N)=C\C3=Cc4ccccc4OC3C)[nH]c(=O)c2c1. The average molecular weight is 355 g/mol. The molecule has 1 unspecified atom stereocenters. The van der Waals surface area contributed by atoms with Gasteiger partial charge in [-0.2, -0.15) is 5.26 Å². The van der Waals surface area contributed by atoms with Crippen LogP contribution in [0.15, 0.2) is 58.9 Å². The van der Waals surface area contributed by atoms with Crippen LogP contribution in [0, 0.1) is 18.3 Å². The molecule has 0 amide bonds. The molecule has 1 atom stereocenters. The summed E-state index contributed by atoms with van der Waals surface area (Å²) in [5.74, 6) is 1.07. The Morgan fingerprint density at radius 3 is 2.93 bits per heavy atom. The van der Waals surface area contributed by atoms with Crippen molar-refractivity contribution in [1.82, 2.24) is 9.97 Å². The topological polar surface area (TPSA) is 78.8 Å². The zero-order valence-electron chi connectivity index (χ0n) is 15.0. The zero-order valence-corrected chi connectivity index (χ0v) is 15.0. The minimum atomic E-state index is -0.257. The predicted octanol–water partition coefficient (Wildman–Crippen LogP) is 4.00. The number of aromatic amines is 1. The second-order valence-corrected chi connectivity index (χ2v) is 6.55. The van der Waals surface area contributed by atoms with Crippen LogP contribution in [0.1, 0.15) is 23.9 Å². The third kappa shape index (κ3) is 3.13. The summed E-state index contributed by atoms with van der Waals surface area (Å²) in [6.07, 6.45) is 3.50. The van der Waals surface area contributed by atoms with E-state index >= 15 is 0 Å². The first-order valence-electron chi connectivity index (χ1n) is 8.65. The molecule has 2 aromatic carbocycles. The quantitative estimate of drug-likeness (QED) is 0.705. The molecule has 5 nitrogen and oxygen atoms in total. The van der Waals surface area contributed by atoms with Gasteiger partial charge >= 0.3 is 0 Å². The summed E-state index contributed by atoms with van der Waals surface area (Å²) in [6.45, 7) is 3.84. The van der Waals surface area contributed by atoms with E-state index in [1.807, 2.05) is 50.3 Å². The van der Waals surface area contributed by atoms with Crippen molar-refractivity contribution >= 4 is 22.6 Å².